The highest BCUT2D eigenvalue weighted by atomic mass is 16.5. The largest absolute Gasteiger partial charge is 0.508 e. The second-order valence-corrected chi connectivity index (χ2v) is 11.8. The Hall–Kier alpha value is -3.38. The number of phenols is 1. The van der Waals surface area contributed by atoms with E-state index in [0.717, 1.165) is 56.1 Å². The topological polar surface area (TPSA) is 54.4 Å². The fourth-order valence-electron chi connectivity index (χ4n) is 5.41. The lowest BCUT2D eigenvalue weighted by Crippen LogP contribution is -2.40. The van der Waals surface area contributed by atoms with Crippen molar-refractivity contribution in [1.29, 1.82) is 0 Å². The van der Waals surface area contributed by atoms with Gasteiger partial charge >= 0.3 is 0 Å². The monoisotopic (exact) mass is 546 g/mol. The molecule has 3 aromatic rings. The molecule has 6 nitrogen and oxygen atoms in total. The molecule has 3 aromatic carbocycles. The van der Waals surface area contributed by atoms with Crippen LogP contribution in [0, 0.1) is 0 Å². The summed E-state index contributed by atoms with van der Waals surface area (Å²) in [6, 6.07) is 18.5. The van der Waals surface area contributed by atoms with Crippen LogP contribution in [0.3, 0.4) is 0 Å². The van der Waals surface area contributed by atoms with Crippen LogP contribution in [-0.4, -0.2) is 56.5 Å². The van der Waals surface area contributed by atoms with Crippen molar-refractivity contribution in [3.8, 4) is 23.0 Å². The van der Waals surface area contributed by atoms with E-state index in [1.54, 1.807) is 20.3 Å². The van der Waals surface area contributed by atoms with Gasteiger partial charge in [-0.3, -0.25) is 4.90 Å². The first-order valence-corrected chi connectivity index (χ1v) is 14.4. The Kier molecular flexibility index (Phi) is 9.52. The SMILES string of the molecule is CCN(Cc1ccc(OCCN(C)C(C)(C)C)cc1)c1cc(OC)c(OC)cc1C1CCc2cc(O)ccc2C1. The summed E-state index contributed by atoms with van der Waals surface area (Å²) >= 11 is 0. The normalized spacial score (nSPS) is 15.1. The predicted octanol–water partition coefficient (Wildman–Crippen LogP) is 6.82. The molecule has 0 saturated heterocycles. The summed E-state index contributed by atoms with van der Waals surface area (Å²) in [6.07, 6.45) is 2.90. The van der Waals surface area contributed by atoms with Crippen molar-refractivity contribution < 1.29 is 19.3 Å². The minimum atomic E-state index is 0.129. The minimum absolute atomic E-state index is 0.129. The van der Waals surface area contributed by atoms with Crippen LogP contribution < -0.4 is 19.1 Å². The fourth-order valence-corrected chi connectivity index (χ4v) is 5.41. The number of hydrogen-bond donors (Lipinski definition) is 1. The summed E-state index contributed by atoms with van der Waals surface area (Å²) in [5.74, 6) is 3.09. The van der Waals surface area contributed by atoms with Gasteiger partial charge in [-0.1, -0.05) is 18.2 Å². The summed E-state index contributed by atoms with van der Waals surface area (Å²) in [6.45, 7) is 12.0. The highest BCUT2D eigenvalue weighted by Crippen LogP contribution is 2.43. The van der Waals surface area contributed by atoms with E-state index in [4.69, 9.17) is 14.2 Å². The van der Waals surface area contributed by atoms with Crippen LogP contribution in [0.4, 0.5) is 5.69 Å². The summed E-state index contributed by atoms with van der Waals surface area (Å²) in [5.41, 5.74) is 6.37. The lowest BCUT2D eigenvalue weighted by molar-refractivity contribution is 0.144. The van der Waals surface area contributed by atoms with Crippen molar-refractivity contribution in [2.75, 3.05) is 45.9 Å². The quantitative estimate of drug-likeness (QED) is 0.285. The first-order valence-electron chi connectivity index (χ1n) is 14.4. The van der Waals surface area contributed by atoms with E-state index in [1.165, 1.54) is 27.9 Å². The zero-order valence-electron chi connectivity index (χ0n) is 25.3. The minimum Gasteiger partial charge on any atom is -0.508 e. The van der Waals surface area contributed by atoms with Crippen molar-refractivity contribution in [3.63, 3.8) is 0 Å². The fraction of sp³-hybridized carbons (Fsp3) is 0.471. The van der Waals surface area contributed by atoms with Gasteiger partial charge in [0, 0.05) is 36.9 Å². The molecular weight excluding hydrogens is 500 g/mol. The molecule has 40 heavy (non-hydrogen) atoms. The van der Waals surface area contributed by atoms with Crippen molar-refractivity contribution in [2.24, 2.45) is 0 Å². The first-order chi connectivity index (χ1) is 19.1. The third kappa shape index (κ3) is 7.03. The van der Waals surface area contributed by atoms with Gasteiger partial charge in [0.05, 0.1) is 14.2 Å². The average Bonchev–Trinajstić information content (AvgIpc) is 2.95. The van der Waals surface area contributed by atoms with E-state index < -0.39 is 0 Å². The summed E-state index contributed by atoms with van der Waals surface area (Å²) < 4.78 is 17.5. The molecule has 6 heteroatoms. The molecule has 1 aliphatic rings. The van der Waals surface area contributed by atoms with Crippen LogP contribution in [0.25, 0.3) is 0 Å². The van der Waals surface area contributed by atoms with E-state index in [-0.39, 0.29) is 5.54 Å². The van der Waals surface area contributed by atoms with E-state index >= 15 is 0 Å². The van der Waals surface area contributed by atoms with Crippen LogP contribution in [0.2, 0.25) is 0 Å². The molecule has 216 valence electrons. The van der Waals surface area contributed by atoms with Gasteiger partial charge < -0.3 is 24.2 Å². The number of nitrogens with zero attached hydrogens (tertiary/aromatic N) is 2. The van der Waals surface area contributed by atoms with Crippen LogP contribution in [-0.2, 0) is 19.4 Å². The number of benzene rings is 3. The van der Waals surface area contributed by atoms with Gasteiger partial charge in [0.15, 0.2) is 11.5 Å². The number of rotatable bonds is 11. The molecule has 0 heterocycles. The number of likely N-dealkylation sites (N-methyl/N-ethyl adjacent to an activating group) is 1. The Morgan fingerprint density at radius 2 is 1.62 bits per heavy atom. The molecule has 0 radical (unpaired) electrons. The standard InChI is InChI=1S/C34H46N2O4/c1-8-36(23-24-9-15-29(16-10-24)40-18-17-35(5)34(2,3)4)31-22-33(39-7)32(38-6)21-30(31)27-12-11-26-20-28(37)14-13-25(26)19-27/h9-10,13-16,20-22,27,37H,8,11-12,17-19,23H2,1-7H3. The van der Waals surface area contributed by atoms with E-state index in [0.29, 0.717) is 18.3 Å². The molecule has 1 aliphatic carbocycles. The van der Waals surface area contributed by atoms with Crippen molar-refractivity contribution >= 4 is 5.69 Å². The Balaban J connectivity index is 1.54. The Bertz CT molecular complexity index is 1270. The second kappa shape index (κ2) is 12.9. The number of methoxy groups -OCH3 is 2. The molecule has 0 aliphatic heterocycles. The maximum absolute atomic E-state index is 9.95. The zero-order valence-corrected chi connectivity index (χ0v) is 25.3. The third-order valence-electron chi connectivity index (χ3n) is 8.25. The second-order valence-electron chi connectivity index (χ2n) is 11.8. The molecule has 0 aromatic heterocycles. The van der Waals surface area contributed by atoms with Gasteiger partial charge in [0.1, 0.15) is 18.1 Å². The van der Waals surface area contributed by atoms with Gasteiger partial charge in [-0.25, -0.2) is 0 Å². The third-order valence-corrected chi connectivity index (χ3v) is 8.25. The Labute approximate surface area is 240 Å². The van der Waals surface area contributed by atoms with E-state index in [2.05, 4.69) is 87.0 Å². The van der Waals surface area contributed by atoms with Gasteiger partial charge in [-0.2, -0.15) is 0 Å². The van der Waals surface area contributed by atoms with Crippen LogP contribution in [0.15, 0.2) is 54.6 Å². The number of phenolic OH excluding ortho intramolecular Hbond substituents is 1. The maximum atomic E-state index is 9.95. The number of hydrogen-bond acceptors (Lipinski definition) is 6. The molecule has 1 N–H and O–H groups in total. The average molecular weight is 547 g/mol. The summed E-state index contributed by atoms with van der Waals surface area (Å²) in [7, 11) is 5.52. The highest BCUT2D eigenvalue weighted by Gasteiger charge is 2.26. The molecular formula is C34H46N2O4. The van der Waals surface area contributed by atoms with Crippen LogP contribution in [0.1, 0.15) is 62.3 Å². The zero-order chi connectivity index (χ0) is 28.9. The van der Waals surface area contributed by atoms with Crippen molar-refractivity contribution in [3.05, 3.63) is 76.9 Å². The maximum Gasteiger partial charge on any atom is 0.162 e. The summed E-state index contributed by atoms with van der Waals surface area (Å²) in [5, 5.41) is 9.95. The van der Waals surface area contributed by atoms with Crippen molar-refractivity contribution in [1.82, 2.24) is 4.90 Å². The van der Waals surface area contributed by atoms with Crippen molar-refractivity contribution in [2.45, 2.75) is 65.0 Å². The Morgan fingerprint density at radius 3 is 2.27 bits per heavy atom. The molecule has 1 atom stereocenters. The Morgan fingerprint density at radius 1 is 0.925 bits per heavy atom. The number of anilines is 1. The first kappa shape index (κ1) is 29.6. The molecule has 0 fully saturated rings. The van der Waals surface area contributed by atoms with E-state index in [1.807, 2.05) is 6.07 Å². The summed E-state index contributed by atoms with van der Waals surface area (Å²) in [4.78, 5) is 4.72. The number of ether oxygens (including phenoxy) is 3. The molecule has 4 rings (SSSR count). The van der Waals surface area contributed by atoms with Gasteiger partial charge in [0.2, 0.25) is 0 Å². The van der Waals surface area contributed by atoms with Gasteiger partial charge in [0.25, 0.3) is 0 Å². The number of aromatic hydroxyl groups is 1. The number of fused-ring (bicyclic) bond motifs is 1. The molecule has 1 unspecified atom stereocenters. The van der Waals surface area contributed by atoms with Crippen LogP contribution in [0.5, 0.6) is 23.0 Å². The molecule has 0 spiro atoms. The molecule has 0 bridgehead atoms. The van der Waals surface area contributed by atoms with Gasteiger partial charge in [-0.05, 0) is 113 Å². The molecule has 0 amide bonds. The lowest BCUT2D eigenvalue weighted by Gasteiger charge is -2.32. The van der Waals surface area contributed by atoms with Crippen LogP contribution >= 0.6 is 0 Å². The molecule has 0 saturated carbocycles. The van der Waals surface area contributed by atoms with Gasteiger partial charge in [-0.15, -0.1) is 0 Å². The lowest BCUT2D eigenvalue weighted by atomic mass is 9.79. The smallest absolute Gasteiger partial charge is 0.162 e. The number of aryl methyl sites for hydroxylation is 1. The predicted molar refractivity (Wildman–Crippen MR) is 163 cm³/mol. The van der Waals surface area contributed by atoms with E-state index in [9.17, 15) is 5.11 Å². The highest BCUT2D eigenvalue weighted by molar-refractivity contribution is 5.64.